The van der Waals surface area contributed by atoms with Crippen molar-refractivity contribution in [2.24, 2.45) is 5.92 Å². The highest BCUT2D eigenvalue weighted by molar-refractivity contribution is 6.23. The van der Waals surface area contributed by atoms with E-state index in [9.17, 15) is 23.6 Å². The van der Waals surface area contributed by atoms with Crippen molar-refractivity contribution in [3.63, 3.8) is 0 Å². The number of nitrogens with zero attached hydrogens (tertiary/aromatic N) is 5. The van der Waals surface area contributed by atoms with Gasteiger partial charge in [-0.05, 0) is 74.9 Å². The van der Waals surface area contributed by atoms with Crippen molar-refractivity contribution < 1.29 is 32.7 Å². The molecule has 14 heteroatoms. The summed E-state index contributed by atoms with van der Waals surface area (Å²) in [6.45, 7) is 3.97. The largest absolute Gasteiger partial charge is 0.454 e. The topological polar surface area (TPSA) is 137 Å². The Hall–Kier alpha value is -5.92. The molecule has 2 aliphatic rings. The van der Waals surface area contributed by atoms with E-state index in [1.807, 2.05) is 0 Å². The highest BCUT2D eigenvalue weighted by Gasteiger charge is 2.44. The van der Waals surface area contributed by atoms with Crippen LogP contribution in [0.4, 0.5) is 42.3 Å². The number of pyridine rings is 2. The van der Waals surface area contributed by atoms with E-state index in [0.29, 0.717) is 30.3 Å². The smallest absolute Gasteiger partial charge is 0.331 e. The van der Waals surface area contributed by atoms with E-state index < -0.39 is 35.4 Å². The molecule has 1 atom stereocenters. The molecule has 12 nitrogen and oxygen atoms in total. The van der Waals surface area contributed by atoms with Gasteiger partial charge in [0.2, 0.25) is 17.7 Å². The van der Waals surface area contributed by atoms with Crippen molar-refractivity contribution in [3.05, 3.63) is 90.8 Å². The molecule has 2 aromatic heterocycles. The van der Waals surface area contributed by atoms with Gasteiger partial charge < -0.3 is 25.2 Å². The number of rotatable bonds is 9. The zero-order valence-electron chi connectivity index (χ0n) is 26.0. The molecule has 2 fully saturated rings. The van der Waals surface area contributed by atoms with Gasteiger partial charge in [-0.2, -0.15) is 0 Å². The second-order valence-corrected chi connectivity index (χ2v) is 11.5. The van der Waals surface area contributed by atoms with Crippen LogP contribution in [0.15, 0.2) is 79.1 Å². The fourth-order valence-electron chi connectivity index (χ4n) is 5.42. The third kappa shape index (κ3) is 6.77. The highest BCUT2D eigenvalue weighted by Crippen LogP contribution is 2.30. The lowest BCUT2D eigenvalue weighted by Gasteiger charge is -2.39. The van der Waals surface area contributed by atoms with Gasteiger partial charge in [-0.3, -0.25) is 14.4 Å². The van der Waals surface area contributed by atoms with Crippen LogP contribution in [0.2, 0.25) is 0 Å². The van der Waals surface area contributed by atoms with E-state index in [0.717, 1.165) is 29.5 Å². The molecule has 0 bridgehead atoms. The number of benzene rings is 2. The van der Waals surface area contributed by atoms with Gasteiger partial charge in [0.15, 0.2) is 11.6 Å². The van der Waals surface area contributed by atoms with Crippen LogP contribution < -0.4 is 25.2 Å². The van der Waals surface area contributed by atoms with E-state index in [1.165, 1.54) is 35.4 Å². The molecule has 6 rings (SSSR count). The van der Waals surface area contributed by atoms with Gasteiger partial charge >= 0.3 is 6.03 Å². The molecule has 2 aromatic carbocycles. The van der Waals surface area contributed by atoms with E-state index in [-0.39, 0.29) is 41.4 Å². The molecule has 2 aliphatic heterocycles. The number of halogens is 2. The molecule has 2 N–H and O–H groups in total. The number of aromatic nitrogens is 2. The lowest BCUT2D eigenvalue weighted by molar-refractivity contribution is -0.132. The minimum atomic E-state index is -1.30. The first-order chi connectivity index (χ1) is 23.1. The van der Waals surface area contributed by atoms with Crippen molar-refractivity contribution in [2.75, 3.05) is 33.5 Å². The molecule has 246 valence electrons. The van der Waals surface area contributed by atoms with Crippen LogP contribution in [-0.4, -0.2) is 57.8 Å². The molecule has 48 heavy (non-hydrogen) atoms. The normalized spacial score (nSPS) is 16.5. The maximum Gasteiger partial charge on any atom is 0.331 e. The molecular weight excluding hydrogens is 624 g/mol. The van der Waals surface area contributed by atoms with Crippen molar-refractivity contribution in [1.29, 1.82) is 0 Å². The summed E-state index contributed by atoms with van der Waals surface area (Å²) in [7, 11) is 0. The number of anilines is 5. The van der Waals surface area contributed by atoms with Crippen molar-refractivity contribution in [1.82, 2.24) is 14.9 Å². The Morgan fingerprint density at radius 1 is 0.938 bits per heavy atom. The Labute approximate surface area is 274 Å². The van der Waals surface area contributed by atoms with E-state index in [2.05, 4.69) is 20.6 Å². The SMILES string of the molecule is CC(C)N1CC(C(=O)Nc2ccc(Oc3ccnc(Nc4ccc(N5CCCC5=O)cn4)c3)c(F)c2)C(=O)N(c2ccc(F)cc2)C1=O. The highest BCUT2D eigenvalue weighted by atomic mass is 19.1. The number of nitrogens with one attached hydrogen (secondary N) is 2. The second kappa shape index (κ2) is 13.4. The fourth-order valence-corrected chi connectivity index (χ4v) is 5.42. The zero-order chi connectivity index (χ0) is 33.9. The number of carbonyl (C=O) groups is 4. The van der Waals surface area contributed by atoms with Crippen LogP contribution in [0.5, 0.6) is 11.5 Å². The quantitative estimate of drug-likeness (QED) is 0.214. The standard InChI is InChI=1S/C34H31F2N7O5/c1-20(2)42-19-26(33(46)43(34(42)47)23-8-5-21(35)6-9-23)32(45)39-22-7-11-28(27(36)16-22)48-25-13-14-37-30(17-25)40-29-12-10-24(18-38-29)41-15-3-4-31(41)44/h5-14,16-18,20,26H,3-4,15,19H2,1-2H3,(H,39,45)(H,37,38,40). The molecular formula is C34H31F2N7O5. The van der Waals surface area contributed by atoms with E-state index in [1.54, 1.807) is 49.2 Å². The van der Waals surface area contributed by atoms with Crippen LogP contribution in [0.25, 0.3) is 0 Å². The average molecular weight is 656 g/mol. The maximum atomic E-state index is 15.2. The van der Waals surface area contributed by atoms with Gasteiger partial charge in [0, 0.05) is 49.6 Å². The number of urea groups is 1. The van der Waals surface area contributed by atoms with Crippen LogP contribution >= 0.6 is 0 Å². The predicted molar refractivity (Wildman–Crippen MR) is 173 cm³/mol. The molecule has 5 amide bonds. The number of amides is 5. The average Bonchev–Trinajstić information content (AvgIpc) is 3.49. The van der Waals surface area contributed by atoms with Gasteiger partial charge in [-0.25, -0.2) is 28.4 Å². The summed E-state index contributed by atoms with van der Waals surface area (Å²) in [5.74, 6) is -3.07. The lowest BCUT2D eigenvalue weighted by atomic mass is 10.0. The van der Waals surface area contributed by atoms with Crippen LogP contribution in [0.1, 0.15) is 26.7 Å². The first-order valence-electron chi connectivity index (χ1n) is 15.3. The van der Waals surface area contributed by atoms with Gasteiger partial charge in [0.1, 0.15) is 29.1 Å². The van der Waals surface area contributed by atoms with Gasteiger partial charge in [-0.15, -0.1) is 0 Å². The molecule has 4 heterocycles. The maximum absolute atomic E-state index is 15.2. The molecule has 0 aliphatic carbocycles. The number of imide groups is 1. The third-order valence-corrected chi connectivity index (χ3v) is 7.91. The molecule has 4 aromatic rings. The Morgan fingerprint density at radius 3 is 2.38 bits per heavy atom. The molecule has 0 saturated carbocycles. The first-order valence-corrected chi connectivity index (χ1v) is 15.3. The summed E-state index contributed by atoms with van der Waals surface area (Å²) in [6.07, 6.45) is 4.42. The number of hydrogen-bond donors (Lipinski definition) is 2. The van der Waals surface area contributed by atoms with Crippen molar-refractivity contribution in [3.8, 4) is 11.5 Å². The summed E-state index contributed by atoms with van der Waals surface area (Å²) in [5.41, 5.74) is 0.912. The predicted octanol–water partition coefficient (Wildman–Crippen LogP) is 5.85. The van der Waals surface area contributed by atoms with Crippen LogP contribution in [-0.2, 0) is 14.4 Å². The summed E-state index contributed by atoms with van der Waals surface area (Å²) in [6, 6.07) is 14.2. The number of carbonyl (C=O) groups excluding carboxylic acids is 4. The molecule has 0 radical (unpaired) electrons. The summed E-state index contributed by atoms with van der Waals surface area (Å²) >= 11 is 0. The summed E-state index contributed by atoms with van der Waals surface area (Å²) in [4.78, 5) is 64.3. The Balaban J connectivity index is 1.11. The Morgan fingerprint density at radius 2 is 1.71 bits per heavy atom. The summed E-state index contributed by atoms with van der Waals surface area (Å²) in [5, 5.41) is 5.61. The molecule has 1 unspecified atom stereocenters. The second-order valence-electron chi connectivity index (χ2n) is 11.5. The van der Waals surface area contributed by atoms with Crippen molar-refractivity contribution >= 4 is 52.5 Å². The number of hydrogen-bond acceptors (Lipinski definition) is 8. The Kier molecular flexibility index (Phi) is 8.97. The van der Waals surface area contributed by atoms with Crippen molar-refractivity contribution in [2.45, 2.75) is 32.7 Å². The Bertz CT molecular complexity index is 1870. The lowest BCUT2D eigenvalue weighted by Crippen LogP contribution is -2.61. The van der Waals surface area contributed by atoms with Crippen LogP contribution in [0, 0.1) is 17.6 Å². The minimum absolute atomic E-state index is 0.0662. The van der Waals surface area contributed by atoms with Gasteiger partial charge in [0.05, 0.1) is 17.6 Å². The first kappa shape index (κ1) is 32.0. The minimum Gasteiger partial charge on any atom is -0.454 e. The van der Waals surface area contributed by atoms with Crippen LogP contribution in [0.3, 0.4) is 0 Å². The third-order valence-electron chi connectivity index (χ3n) is 7.91. The monoisotopic (exact) mass is 655 g/mol. The van der Waals surface area contributed by atoms with E-state index >= 15 is 4.39 Å². The zero-order valence-corrected chi connectivity index (χ0v) is 26.0. The van der Waals surface area contributed by atoms with Gasteiger partial charge in [-0.1, -0.05) is 0 Å². The summed E-state index contributed by atoms with van der Waals surface area (Å²) < 4.78 is 34.4. The molecule has 2 saturated heterocycles. The fraction of sp³-hybridized carbons (Fsp3) is 0.235. The van der Waals surface area contributed by atoms with Gasteiger partial charge in [0.25, 0.3) is 0 Å². The number of ether oxygens (including phenoxy) is 1. The van der Waals surface area contributed by atoms with E-state index in [4.69, 9.17) is 4.74 Å². The molecule has 0 spiro atoms.